The van der Waals surface area contributed by atoms with Gasteiger partial charge in [0.2, 0.25) is 5.89 Å². The average molecular weight is 249 g/mol. The molecule has 0 amide bonds. The number of aromatic carboxylic acids is 1. The second kappa shape index (κ2) is 4.70. The summed E-state index contributed by atoms with van der Waals surface area (Å²) in [5.74, 6) is 0.0484. The Bertz CT molecular complexity index is 581. The van der Waals surface area contributed by atoms with Gasteiger partial charge >= 0.3 is 5.97 Å². The van der Waals surface area contributed by atoms with Crippen molar-refractivity contribution >= 4 is 17.5 Å². The van der Waals surface area contributed by atoms with Gasteiger partial charge in [0.1, 0.15) is 0 Å². The summed E-state index contributed by atoms with van der Waals surface area (Å²) in [5, 5.41) is 15.4. The highest BCUT2D eigenvalue weighted by atomic mass is 16.5. The molecule has 0 bridgehead atoms. The second-order valence-electron chi connectivity index (χ2n) is 3.52. The zero-order valence-corrected chi connectivity index (χ0v) is 9.54. The fourth-order valence-electron chi connectivity index (χ4n) is 1.31. The van der Waals surface area contributed by atoms with E-state index in [-0.39, 0.29) is 18.1 Å². The SMILES string of the molecule is Cc1nc(CNc2nc(C(=O)O)ccc2N)no1. The molecule has 0 aliphatic carbocycles. The van der Waals surface area contributed by atoms with Gasteiger partial charge in [0.25, 0.3) is 0 Å². The summed E-state index contributed by atoms with van der Waals surface area (Å²) in [5.41, 5.74) is 5.94. The molecule has 0 atom stereocenters. The van der Waals surface area contributed by atoms with Gasteiger partial charge < -0.3 is 20.7 Å². The lowest BCUT2D eigenvalue weighted by Crippen LogP contribution is -2.09. The van der Waals surface area contributed by atoms with Crippen LogP contribution in [0.3, 0.4) is 0 Å². The van der Waals surface area contributed by atoms with E-state index in [0.717, 1.165) is 0 Å². The smallest absolute Gasteiger partial charge is 0.354 e. The van der Waals surface area contributed by atoms with Gasteiger partial charge in [-0.3, -0.25) is 0 Å². The largest absolute Gasteiger partial charge is 0.477 e. The number of pyridine rings is 1. The number of aryl methyl sites for hydroxylation is 1. The number of carboxylic acids is 1. The van der Waals surface area contributed by atoms with Gasteiger partial charge in [0, 0.05) is 6.92 Å². The van der Waals surface area contributed by atoms with Crippen LogP contribution in [0.25, 0.3) is 0 Å². The van der Waals surface area contributed by atoms with Gasteiger partial charge in [-0.1, -0.05) is 5.16 Å². The van der Waals surface area contributed by atoms with Crippen LogP contribution in [0.15, 0.2) is 16.7 Å². The van der Waals surface area contributed by atoms with Crippen LogP contribution in [0.5, 0.6) is 0 Å². The monoisotopic (exact) mass is 249 g/mol. The number of nitrogens with one attached hydrogen (secondary N) is 1. The normalized spacial score (nSPS) is 10.3. The number of nitrogens with two attached hydrogens (primary N) is 1. The summed E-state index contributed by atoms with van der Waals surface area (Å²) in [6.45, 7) is 1.92. The van der Waals surface area contributed by atoms with Crippen LogP contribution < -0.4 is 11.1 Å². The van der Waals surface area contributed by atoms with Crippen molar-refractivity contribution < 1.29 is 14.4 Å². The summed E-state index contributed by atoms with van der Waals surface area (Å²) >= 11 is 0. The molecule has 2 rings (SSSR count). The molecular weight excluding hydrogens is 238 g/mol. The summed E-state index contributed by atoms with van der Waals surface area (Å²) in [4.78, 5) is 18.6. The lowest BCUT2D eigenvalue weighted by Gasteiger charge is -2.06. The molecule has 8 heteroatoms. The van der Waals surface area contributed by atoms with Gasteiger partial charge in [0.15, 0.2) is 17.3 Å². The van der Waals surface area contributed by atoms with Crippen molar-refractivity contribution in [1.82, 2.24) is 15.1 Å². The van der Waals surface area contributed by atoms with Crippen LogP contribution in [0.1, 0.15) is 22.2 Å². The molecule has 0 unspecified atom stereocenters. The first-order valence-corrected chi connectivity index (χ1v) is 5.09. The Hall–Kier alpha value is -2.64. The molecule has 2 aromatic rings. The number of rotatable bonds is 4. The Labute approximate surface area is 102 Å². The van der Waals surface area contributed by atoms with Crippen molar-refractivity contribution in [3.8, 4) is 0 Å². The molecule has 18 heavy (non-hydrogen) atoms. The maximum Gasteiger partial charge on any atom is 0.354 e. The van der Waals surface area contributed by atoms with E-state index in [1.165, 1.54) is 12.1 Å². The topological polar surface area (TPSA) is 127 Å². The lowest BCUT2D eigenvalue weighted by atomic mass is 10.3. The van der Waals surface area contributed by atoms with Crippen molar-refractivity contribution in [2.24, 2.45) is 0 Å². The van der Waals surface area contributed by atoms with E-state index in [9.17, 15) is 4.79 Å². The molecule has 94 valence electrons. The van der Waals surface area contributed by atoms with Crippen LogP contribution in [-0.4, -0.2) is 26.2 Å². The molecule has 0 fully saturated rings. The minimum absolute atomic E-state index is 0.0870. The van der Waals surface area contributed by atoms with Crippen molar-refractivity contribution in [3.05, 3.63) is 29.5 Å². The Morgan fingerprint density at radius 1 is 1.50 bits per heavy atom. The zero-order chi connectivity index (χ0) is 13.1. The van der Waals surface area contributed by atoms with Gasteiger partial charge in [-0.05, 0) is 12.1 Å². The summed E-state index contributed by atoms with van der Waals surface area (Å²) in [6, 6.07) is 2.81. The summed E-state index contributed by atoms with van der Waals surface area (Å²) in [6.07, 6.45) is 0. The first-order chi connectivity index (χ1) is 8.56. The number of anilines is 2. The van der Waals surface area contributed by atoms with Crippen molar-refractivity contribution in [2.45, 2.75) is 13.5 Å². The van der Waals surface area contributed by atoms with Gasteiger partial charge in [-0.25, -0.2) is 9.78 Å². The zero-order valence-electron chi connectivity index (χ0n) is 9.54. The minimum Gasteiger partial charge on any atom is -0.477 e. The van der Waals surface area contributed by atoms with Crippen molar-refractivity contribution in [2.75, 3.05) is 11.1 Å². The highest BCUT2D eigenvalue weighted by Gasteiger charge is 2.09. The molecule has 0 aromatic carbocycles. The Morgan fingerprint density at radius 2 is 2.28 bits per heavy atom. The standard InChI is InChI=1S/C10H11N5O3/c1-5-13-8(15-18-5)4-12-9-6(11)2-3-7(14-9)10(16)17/h2-3H,4,11H2,1H3,(H,12,14)(H,16,17). The molecule has 2 heterocycles. The van der Waals surface area contributed by atoms with E-state index < -0.39 is 5.97 Å². The van der Waals surface area contributed by atoms with Crippen LogP contribution >= 0.6 is 0 Å². The number of hydrogen-bond donors (Lipinski definition) is 3. The maximum atomic E-state index is 10.8. The molecular formula is C10H11N5O3. The molecule has 4 N–H and O–H groups in total. The number of aromatic nitrogens is 3. The van der Waals surface area contributed by atoms with Crippen LogP contribution in [0.4, 0.5) is 11.5 Å². The molecule has 2 aromatic heterocycles. The van der Waals surface area contributed by atoms with Crippen LogP contribution in [0.2, 0.25) is 0 Å². The average Bonchev–Trinajstić information content (AvgIpc) is 2.74. The van der Waals surface area contributed by atoms with Crippen LogP contribution in [0, 0.1) is 6.92 Å². The van der Waals surface area contributed by atoms with E-state index in [1.807, 2.05) is 0 Å². The molecule has 8 nitrogen and oxygen atoms in total. The lowest BCUT2D eigenvalue weighted by molar-refractivity contribution is 0.0690. The van der Waals surface area contributed by atoms with E-state index >= 15 is 0 Å². The highest BCUT2D eigenvalue weighted by Crippen LogP contribution is 2.16. The fourth-order valence-corrected chi connectivity index (χ4v) is 1.31. The fraction of sp³-hybridized carbons (Fsp3) is 0.200. The van der Waals surface area contributed by atoms with Crippen molar-refractivity contribution in [3.63, 3.8) is 0 Å². The minimum atomic E-state index is -1.12. The van der Waals surface area contributed by atoms with E-state index in [1.54, 1.807) is 6.92 Å². The summed E-state index contributed by atoms with van der Waals surface area (Å²) in [7, 11) is 0. The number of nitrogen functional groups attached to an aromatic ring is 1. The molecule has 0 radical (unpaired) electrons. The second-order valence-corrected chi connectivity index (χ2v) is 3.52. The predicted octanol–water partition coefficient (Wildman–Crippen LogP) is 0.666. The Balaban J connectivity index is 2.13. The van der Waals surface area contributed by atoms with E-state index in [4.69, 9.17) is 15.4 Å². The quantitative estimate of drug-likeness (QED) is 0.721. The number of hydrogen-bond acceptors (Lipinski definition) is 7. The van der Waals surface area contributed by atoms with Gasteiger partial charge in [-0.15, -0.1) is 0 Å². The molecule has 0 saturated carbocycles. The van der Waals surface area contributed by atoms with Gasteiger partial charge in [-0.2, -0.15) is 4.98 Å². The van der Waals surface area contributed by atoms with Crippen LogP contribution in [-0.2, 0) is 6.54 Å². The van der Waals surface area contributed by atoms with E-state index in [2.05, 4.69) is 20.4 Å². The summed E-state index contributed by atoms with van der Waals surface area (Å²) < 4.78 is 4.80. The highest BCUT2D eigenvalue weighted by molar-refractivity contribution is 5.86. The third-order valence-corrected chi connectivity index (χ3v) is 2.13. The predicted molar refractivity (Wildman–Crippen MR) is 62.0 cm³/mol. The molecule has 0 spiro atoms. The van der Waals surface area contributed by atoms with Gasteiger partial charge in [0.05, 0.1) is 12.2 Å². The Morgan fingerprint density at radius 3 is 2.89 bits per heavy atom. The molecule has 0 saturated heterocycles. The molecule has 0 aliphatic heterocycles. The number of carbonyl (C=O) groups is 1. The third-order valence-electron chi connectivity index (χ3n) is 2.13. The number of nitrogens with zero attached hydrogens (tertiary/aromatic N) is 3. The maximum absolute atomic E-state index is 10.8. The molecule has 0 aliphatic rings. The van der Waals surface area contributed by atoms with Crippen molar-refractivity contribution in [1.29, 1.82) is 0 Å². The first kappa shape index (κ1) is 11.8. The Kier molecular flexibility index (Phi) is 3.09. The number of carboxylic acid groups (broad SMARTS) is 1. The van der Waals surface area contributed by atoms with E-state index in [0.29, 0.717) is 17.4 Å². The third kappa shape index (κ3) is 2.54. The first-order valence-electron chi connectivity index (χ1n) is 5.09.